The van der Waals surface area contributed by atoms with E-state index in [2.05, 4.69) is 26.0 Å². The van der Waals surface area contributed by atoms with Gasteiger partial charge in [0.05, 0.1) is 29.2 Å². The summed E-state index contributed by atoms with van der Waals surface area (Å²) in [6.07, 6.45) is 0. The van der Waals surface area contributed by atoms with Gasteiger partial charge in [0.2, 0.25) is 11.8 Å². The normalized spacial score (nSPS) is 13.2. The number of hydrogen-bond acceptors (Lipinski definition) is 4. The second-order valence-corrected chi connectivity index (χ2v) is 9.52. The van der Waals surface area contributed by atoms with Crippen molar-refractivity contribution in [2.45, 2.75) is 31.2 Å². The van der Waals surface area contributed by atoms with Crippen molar-refractivity contribution in [2.24, 2.45) is 0 Å². The van der Waals surface area contributed by atoms with Crippen LogP contribution in [0.5, 0.6) is 0 Å². The Hall–Kier alpha value is -3.58. The minimum absolute atomic E-state index is 0.0717. The molecule has 174 valence electrons. The van der Waals surface area contributed by atoms with Crippen LogP contribution in [0.1, 0.15) is 41.3 Å². The van der Waals surface area contributed by atoms with Crippen LogP contribution < -0.4 is 9.80 Å². The number of aromatic carboxylic acids is 1. The lowest BCUT2D eigenvalue weighted by atomic mass is 10.0. The maximum absolute atomic E-state index is 13.2. The molecular formula is C27H26N2O4S. The molecule has 0 aromatic heterocycles. The molecule has 0 spiro atoms. The molecule has 7 heteroatoms. The van der Waals surface area contributed by atoms with Crippen LogP contribution in [0.2, 0.25) is 0 Å². The van der Waals surface area contributed by atoms with Gasteiger partial charge in [-0.1, -0.05) is 56.3 Å². The van der Waals surface area contributed by atoms with Gasteiger partial charge in [-0.15, -0.1) is 11.8 Å². The molecule has 3 aromatic rings. The number of rotatable bonds is 7. The van der Waals surface area contributed by atoms with Crippen LogP contribution in [0, 0.1) is 0 Å². The van der Waals surface area contributed by atoms with Gasteiger partial charge in [-0.3, -0.25) is 9.59 Å². The summed E-state index contributed by atoms with van der Waals surface area (Å²) < 4.78 is 0. The number of benzene rings is 3. The molecule has 0 aliphatic carbocycles. The summed E-state index contributed by atoms with van der Waals surface area (Å²) in [6.45, 7) is 4.47. The van der Waals surface area contributed by atoms with Crippen LogP contribution in [0.3, 0.4) is 0 Å². The molecule has 0 bridgehead atoms. The van der Waals surface area contributed by atoms with Crippen LogP contribution >= 0.6 is 11.8 Å². The van der Waals surface area contributed by atoms with Crippen molar-refractivity contribution < 1.29 is 19.5 Å². The van der Waals surface area contributed by atoms with Gasteiger partial charge in [-0.05, 0) is 47.4 Å². The Morgan fingerprint density at radius 1 is 0.971 bits per heavy atom. The third-order valence-corrected chi connectivity index (χ3v) is 6.79. The zero-order valence-corrected chi connectivity index (χ0v) is 19.9. The van der Waals surface area contributed by atoms with Crippen LogP contribution in [0.15, 0.2) is 77.7 Å². The highest BCUT2D eigenvalue weighted by molar-refractivity contribution is 8.00. The second-order valence-electron chi connectivity index (χ2n) is 8.47. The molecule has 3 aromatic carbocycles. The maximum atomic E-state index is 13.2. The molecule has 1 aliphatic rings. The van der Waals surface area contributed by atoms with E-state index in [0.717, 1.165) is 10.5 Å². The van der Waals surface area contributed by atoms with E-state index in [0.29, 0.717) is 23.8 Å². The first-order valence-corrected chi connectivity index (χ1v) is 12.1. The lowest BCUT2D eigenvalue weighted by molar-refractivity contribution is -0.121. The second kappa shape index (κ2) is 10.1. The first-order valence-electron chi connectivity index (χ1n) is 11.1. The molecule has 0 radical (unpaired) electrons. The smallest absolute Gasteiger partial charge is 0.335 e. The summed E-state index contributed by atoms with van der Waals surface area (Å²) in [5, 5.41) is 9.49. The zero-order valence-electron chi connectivity index (χ0n) is 19.1. The van der Waals surface area contributed by atoms with Gasteiger partial charge >= 0.3 is 5.97 Å². The minimum atomic E-state index is -1.08. The molecule has 0 atom stereocenters. The van der Waals surface area contributed by atoms with Gasteiger partial charge in [0.1, 0.15) is 6.54 Å². The molecule has 0 saturated heterocycles. The monoisotopic (exact) mass is 474 g/mol. The minimum Gasteiger partial charge on any atom is -0.478 e. The Kier molecular flexibility index (Phi) is 7.03. The first kappa shape index (κ1) is 23.6. The summed E-state index contributed by atoms with van der Waals surface area (Å²) in [5.74, 6) is -0.961. The van der Waals surface area contributed by atoms with Crippen LogP contribution in [0.4, 0.5) is 11.4 Å². The molecule has 1 heterocycles. The fourth-order valence-corrected chi connectivity index (χ4v) is 4.65. The number of carboxylic acids is 1. The van der Waals surface area contributed by atoms with Gasteiger partial charge in [0, 0.05) is 4.90 Å². The van der Waals surface area contributed by atoms with E-state index >= 15 is 0 Å². The third kappa shape index (κ3) is 5.15. The highest BCUT2D eigenvalue weighted by atomic mass is 32.2. The highest BCUT2D eigenvalue weighted by Gasteiger charge is 2.33. The first-order chi connectivity index (χ1) is 16.3. The Morgan fingerprint density at radius 2 is 1.68 bits per heavy atom. The molecule has 34 heavy (non-hydrogen) atoms. The number of anilines is 2. The Labute approximate surface area is 203 Å². The number of carbonyl (C=O) groups is 3. The predicted molar refractivity (Wildman–Crippen MR) is 135 cm³/mol. The van der Waals surface area contributed by atoms with E-state index in [1.54, 1.807) is 11.0 Å². The average Bonchev–Trinajstić information content (AvgIpc) is 2.84. The van der Waals surface area contributed by atoms with Crippen LogP contribution in [-0.2, 0) is 16.1 Å². The highest BCUT2D eigenvalue weighted by Crippen LogP contribution is 2.36. The quantitative estimate of drug-likeness (QED) is 0.478. The summed E-state index contributed by atoms with van der Waals surface area (Å²) >= 11 is 1.40. The predicted octanol–water partition coefficient (Wildman–Crippen LogP) is 5.18. The van der Waals surface area contributed by atoms with Crippen LogP contribution in [-0.4, -0.2) is 35.2 Å². The number of thioether (sulfide) groups is 1. The topological polar surface area (TPSA) is 77.9 Å². The largest absolute Gasteiger partial charge is 0.478 e. The molecule has 0 unspecified atom stereocenters. The summed E-state index contributed by atoms with van der Waals surface area (Å²) in [7, 11) is 0. The molecule has 0 saturated carbocycles. The number of nitrogens with zero attached hydrogens (tertiary/aromatic N) is 2. The van der Waals surface area contributed by atoms with Gasteiger partial charge < -0.3 is 14.9 Å². The number of carbonyl (C=O) groups excluding carboxylic acids is 2. The van der Waals surface area contributed by atoms with Gasteiger partial charge in [0.15, 0.2) is 0 Å². The van der Waals surface area contributed by atoms with E-state index < -0.39 is 5.97 Å². The summed E-state index contributed by atoms with van der Waals surface area (Å²) in [5.41, 5.74) is 3.22. The SMILES string of the molecule is CC(C)c1ccc(SCC(=O)N2CC(=O)N(Cc3ccccc3)c3ccc(C(=O)O)cc32)cc1. The number of amides is 2. The molecule has 6 nitrogen and oxygen atoms in total. The third-order valence-electron chi connectivity index (χ3n) is 5.79. The van der Waals surface area contributed by atoms with Gasteiger partial charge in [0.25, 0.3) is 0 Å². The van der Waals surface area contributed by atoms with Crippen molar-refractivity contribution in [3.8, 4) is 0 Å². The van der Waals surface area contributed by atoms with E-state index in [9.17, 15) is 19.5 Å². The van der Waals surface area contributed by atoms with E-state index in [-0.39, 0.29) is 29.7 Å². The lowest BCUT2D eigenvalue weighted by Gasteiger charge is -2.36. The maximum Gasteiger partial charge on any atom is 0.335 e. The van der Waals surface area contributed by atoms with Crippen molar-refractivity contribution in [3.05, 3.63) is 89.5 Å². The molecule has 4 rings (SSSR count). The Bertz CT molecular complexity index is 1210. The Morgan fingerprint density at radius 3 is 2.32 bits per heavy atom. The zero-order chi connectivity index (χ0) is 24.2. The molecule has 2 amide bonds. The number of hydrogen-bond donors (Lipinski definition) is 1. The average molecular weight is 475 g/mol. The van der Waals surface area contributed by atoms with E-state index in [1.807, 2.05) is 42.5 Å². The van der Waals surface area contributed by atoms with Crippen molar-refractivity contribution in [3.63, 3.8) is 0 Å². The van der Waals surface area contributed by atoms with Gasteiger partial charge in [-0.2, -0.15) is 0 Å². The Balaban J connectivity index is 1.58. The lowest BCUT2D eigenvalue weighted by Crippen LogP contribution is -2.48. The summed E-state index contributed by atoms with van der Waals surface area (Å²) in [6, 6.07) is 22.2. The molecule has 0 fully saturated rings. The van der Waals surface area contributed by atoms with Gasteiger partial charge in [-0.25, -0.2) is 4.79 Å². The number of carboxylic acid groups (broad SMARTS) is 1. The van der Waals surface area contributed by atoms with Crippen LogP contribution in [0.25, 0.3) is 0 Å². The molecule has 1 N–H and O–H groups in total. The van der Waals surface area contributed by atoms with Crippen molar-refractivity contribution >= 4 is 40.9 Å². The molecular weight excluding hydrogens is 448 g/mol. The standard InChI is InChI=1S/C27H26N2O4S/c1-18(2)20-8-11-22(12-9-20)34-17-26(31)29-16-25(30)28(15-19-6-4-3-5-7-19)23-13-10-21(27(32)33)14-24(23)29/h3-14,18H,15-17H2,1-2H3,(H,32,33). The molecule has 1 aliphatic heterocycles. The fraction of sp³-hybridized carbons (Fsp3) is 0.222. The van der Waals surface area contributed by atoms with E-state index in [1.165, 1.54) is 34.4 Å². The van der Waals surface area contributed by atoms with Crippen molar-refractivity contribution in [2.75, 3.05) is 22.1 Å². The van der Waals surface area contributed by atoms with E-state index in [4.69, 9.17) is 0 Å². The number of fused-ring (bicyclic) bond motifs is 1. The fourth-order valence-electron chi connectivity index (χ4n) is 3.87. The van der Waals surface area contributed by atoms with Crippen molar-refractivity contribution in [1.29, 1.82) is 0 Å². The summed E-state index contributed by atoms with van der Waals surface area (Å²) in [4.78, 5) is 41.8. The van der Waals surface area contributed by atoms with Crippen molar-refractivity contribution in [1.82, 2.24) is 0 Å².